The molecule has 1 amide bonds. The Morgan fingerprint density at radius 1 is 1.21 bits per heavy atom. The normalized spacial score (nSPS) is 11.4. The van der Waals surface area contributed by atoms with E-state index in [9.17, 15) is 18.0 Å². The van der Waals surface area contributed by atoms with E-state index in [2.05, 4.69) is 10.3 Å². The zero-order valence-corrected chi connectivity index (χ0v) is 18.0. The van der Waals surface area contributed by atoms with Crippen LogP contribution in [-0.4, -0.2) is 23.0 Å². The lowest BCUT2D eigenvalue weighted by Crippen LogP contribution is -2.49. The van der Waals surface area contributed by atoms with Crippen LogP contribution in [0.15, 0.2) is 29.6 Å². The van der Waals surface area contributed by atoms with Gasteiger partial charge in [-0.05, 0) is 25.0 Å². The first-order valence-electron chi connectivity index (χ1n) is 8.34. The zero-order chi connectivity index (χ0) is 19.4. The second-order valence-electron chi connectivity index (χ2n) is 6.25. The van der Waals surface area contributed by atoms with Crippen LogP contribution in [0.4, 0.5) is 13.2 Å². The number of hydrogen-bond acceptors (Lipinski definition) is 4. The lowest BCUT2D eigenvalue weighted by molar-refractivity contribution is -0.137. The number of alkyl halides is 3. The number of aromatic nitrogens is 1. The van der Waals surface area contributed by atoms with E-state index < -0.39 is 17.3 Å². The monoisotopic (exact) mass is 457 g/mol. The minimum atomic E-state index is -4.40. The molecule has 0 aliphatic rings. The van der Waals surface area contributed by atoms with E-state index >= 15 is 0 Å². The largest absolute Gasteiger partial charge is 0.416 e. The van der Waals surface area contributed by atoms with Crippen molar-refractivity contribution in [3.63, 3.8) is 0 Å². The van der Waals surface area contributed by atoms with Crippen LogP contribution in [0, 0.1) is 0 Å². The maximum atomic E-state index is 12.8. The van der Waals surface area contributed by atoms with E-state index in [1.807, 2.05) is 13.8 Å². The van der Waals surface area contributed by atoms with E-state index in [0.29, 0.717) is 22.8 Å². The van der Waals surface area contributed by atoms with Gasteiger partial charge in [0.2, 0.25) is 5.91 Å². The molecule has 158 valence electrons. The smallest absolute Gasteiger partial charge is 0.354 e. The second-order valence-corrected chi connectivity index (χ2v) is 7.10. The van der Waals surface area contributed by atoms with Gasteiger partial charge >= 0.3 is 6.18 Å². The van der Waals surface area contributed by atoms with E-state index in [1.54, 1.807) is 11.4 Å². The molecular weight excluding hydrogens is 434 g/mol. The molecule has 0 unspecified atom stereocenters. The van der Waals surface area contributed by atoms with Crippen LogP contribution in [0.2, 0.25) is 0 Å². The lowest BCUT2D eigenvalue weighted by Gasteiger charge is -2.26. The number of rotatable bonds is 7. The van der Waals surface area contributed by atoms with Gasteiger partial charge in [-0.25, -0.2) is 4.98 Å². The Labute approximate surface area is 178 Å². The van der Waals surface area contributed by atoms with E-state index in [0.717, 1.165) is 25.0 Å². The Kier molecular flexibility index (Phi) is 10.5. The highest BCUT2D eigenvalue weighted by molar-refractivity contribution is 7.13. The number of thiazole rings is 1. The van der Waals surface area contributed by atoms with Crippen molar-refractivity contribution in [2.24, 2.45) is 5.73 Å². The Balaban J connectivity index is 0.00000364. The summed E-state index contributed by atoms with van der Waals surface area (Å²) in [5, 5.41) is 4.94. The molecule has 2 aromatic rings. The van der Waals surface area contributed by atoms with Crippen LogP contribution < -0.4 is 11.1 Å². The third-order valence-corrected chi connectivity index (χ3v) is 5.32. The van der Waals surface area contributed by atoms with Crippen molar-refractivity contribution >= 4 is 42.1 Å². The molecule has 0 saturated heterocycles. The molecule has 0 spiro atoms. The molecule has 0 bridgehead atoms. The van der Waals surface area contributed by atoms with Crippen LogP contribution in [-0.2, 0) is 17.4 Å². The fourth-order valence-corrected chi connectivity index (χ4v) is 3.17. The number of nitrogens with two attached hydrogens (primary N) is 1. The summed E-state index contributed by atoms with van der Waals surface area (Å²) in [4.78, 5) is 16.4. The Hall–Kier alpha value is -1.35. The van der Waals surface area contributed by atoms with Gasteiger partial charge in [0, 0.05) is 23.0 Å². The number of halogens is 5. The molecular formula is C18H24Cl2F3N3OS. The summed E-state index contributed by atoms with van der Waals surface area (Å²) in [6.45, 7) is 4.32. The fraction of sp³-hybridized carbons (Fsp3) is 0.444. The predicted molar refractivity (Wildman–Crippen MR) is 111 cm³/mol. The molecule has 0 atom stereocenters. The highest BCUT2D eigenvalue weighted by Crippen LogP contribution is 2.33. The van der Waals surface area contributed by atoms with Crippen LogP contribution in [0.5, 0.6) is 0 Å². The summed E-state index contributed by atoms with van der Waals surface area (Å²) < 4.78 is 38.5. The van der Waals surface area contributed by atoms with Crippen LogP contribution in [0.1, 0.15) is 37.9 Å². The molecule has 3 N–H and O–H groups in total. The Bertz CT molecular complexity index is 765. The standard InChI is InChI=1S/C18H22F3N3OS.2ClH/c1-3-17(22,4-2)11-23-15(25)9-14-10-26-16(24-14)12-6-5-7-13(8-12)18(19,20)21;;/h5-8,10H,3-4,9,11,22H2,1-2H3,(H,23,25);2*1H. The molecule has 28 heavy (non-hydrogen) atoms. The van der Waals surface area contributed by atoms with Crippen molar-refractivity contribution < 1.29 is 18.0 Å². The van der Waals surface area contributed by atoms with Crippen molar-refractivity contribution in [1.29, 1.82) is 0 Å². The quantitative estimate of drug-likeness (QED) is 0.624. The average Bonchev–Trinajstić information content (AvgIpc) is 3.07. The van der Waals surface area contributed by atoms with Gasteiger partial charge in [0.1, 0.15) is 5.01 Å². The molecule has 0 radical (unpaired) electrons. The van der Waals surface area contributed by atoms with Gasteiger partial charge in [0.15, 0.2) is 0 Å². The summed E-state index contributed by atoms with van der Waals surface area (Å²) in [5.74, 6) is -0.206. The second kappa shape index (κ2) is 11.0. The van der Waals surface area contributed by atoms with Gasteiger partial charge < -0.3 is 11.1 Å². The van der Waals surface area contributed by atoms with Crippen molar-refractivity contribution in [2.75, 3.05) is 6.54 Å². The van der Waals surface area contributed by atoms with Crippen molar-refractivity contribution in [1.82, 2.24) is 10.3 Å². The minimum Gasteiger partial charge on any atom is -0.354 e. The van der Waals surface area contributed by atoms with Gasteiger partial charge in [-0.3, -0.25) is 4.79 Å². The summed E-state index contributed by atoms with van der Waals surface area (Å²) in [6, 6.07) is 5.01. The summed E-state index contributed by atoms with van der Waals surface area (Å²) >= 11 is 1.21. The third-order valence-electron chi connectivity index (χ3n) is 4.38. The number of nitrogens with zero attached hydrogens (tertiary/aromatic N) is 1. The molecule has 1 heterocycles. The molecule has 1 aromatic heterocycles. The fourth-order valence-electron chi connectivity index (χ4n) is 2.35. The highest BCUT2D eigenvalue weighted by atomic mass is 35.5. The average molecular weight is 458 g/mol. The Morgan fingerprint density at radius 2 is 1.86 bits per heavy atom. The number of nitrogens with one attached hydrogen (secondary N) is 1. The van der Waals surface area contributed by atoms with Crippen LogP contribution >= 0.6 is 36.2 Å². The molecule has 10 heteroatoms. The molecule has 1 aromatic carbocycles. The summed E-state index contributed by atoms with van der Waals surface area (Å²) in [5.41, 5.74) is 5.91. The number of amides is 1. The summed E-state index contributed by atoms with van der Waals surface area (Å²) in [6.07, 6.45) is -2.83. The first-order chi connectivity index (χ1) is 12.2. The number of benzene rings is 1. The summed E-state index contributed by atoms with van der Waals surface area (Å²) in [7, 11) is 0. The SMILES string of the molecule is CCC(N)(CC)CNC(=O)Cc1csc(-c2cccc(C(F)(F)F)c2)n1.Cl.Cl. The van der Waals surface area contributed by atoms with Gasteiger partial charge in [0.05, 0.1) is 17.7 Å². The third kappa shape index (κ3) is 7.24. The predicted octanol–water partition coefficient (Wildman–Crippen LogP) is 4.85. The maximum absolute atomic E-state index is 12.8. The molecule has 0 aliphatic carbocycles. The number of carbonyl (C=O) groups excluding carboxylic acids is 1. The molecule has 4 nitrogen and oxygen atoms in total. The van der Waals surface area contributed by atoms with E-state index in [4.69, 9.17) is 5.73 Å². The first-order valence-corrected chi connectivity index (χ1v) is 9.22. The Morgan fingerprint density at radius 3 is 2.43 bits per heavy atom. The van der Waals surface area contributed by atoms with Crippen molar-refractivity contribution in [3.8, 4) is 10.6 Å². The first kappa shape index (κ1) is 26.6. The van der Waals surface area contributed by atoms with Crippen molar-refractivity contribution in [2.45, 2.75) is 44.8 Å². The van der Waals surface area contributed by atoms with Gasteiger partial charge in [0.25, 0.3) is 0 Å². The molecule has 0 fully saturated rings. The van der Waals surface area contributed by atoms with Crippen LogP contribution in [0.25, 0.3) is 10.6 Å². The van der Waals surface area contributed by atoms with Crippen molar-refractivity contribution in [3.05, 3.63) is 40.9 Å². The topological polar surface area (TPSA) is 68.0 Å². The maximum Gasteiger partial charge on any atom is 0.416 e. The molecule has 2 rings (SSSR count). The lowest BCUT2D eigenvalue weighted by atomic mass is 9.94. The minimum absolute atomic E-state index is 0. The number of carbonyl (C=O) groups is 1. The highest BCUT2D eigenvalue weighted by Gasteiger charge is 2.30. The molecule has 0 aliphatic heterocycles. The van der Waals surface area contributed by atoms with Gasteiger partial charge in [-0.2, -0.15) is 13.2 Å². The molecule has 0 saturated carbocycles. The zero-order valence-electron chi connectivity index (χ0n) is 15.5. The number of hydrogen-bond donors (Lipinski definition) is 2. The van der Waals surface area contributed by atoms with Gasteiger partial charge in [-0.15, -0.1) is 36.2 Å². The van der Waals surface area contributed by atoms with Crippen LogP contribution in [0.3, 0.4) is 0 Å². The van der Waals surface area contributed by atoms with E-state index in [1.165, 1.54) is 17.4 Å². The van der Waals surface area contributed by atoms with Gasteiger partial charge in [-0.1, -0.05) is 26.0 Å². The van der Waals surface area contributed by atoms with E-state index in [-0.39, 0.29) is 37.1 Å².